The molecule has 0 aliphatic carbocycles. The quantitative estimate of drug-likeness (QED) is 0.516. The molecule has 2 N–H and O–H groups in total. The van der Waals surface area contributed by atoms with Crippen LogP contribution in [-0.2, 0) is 11.8 Å². The van der Waals surface area contributed by atoms with Crippen LogP contribution in [0.4, 0.5) is 0 Å². The van der Waals surface area contributed by atoms with E-state index in [0.717, 1.165) is 11.3 Å². The first-order valence-electron chi connectivity index (χ1n) is 8.23. The molecule has 3 aromatic rings. The zero-order chi connectivity index (χ0) is 19.4. The molecule has 0 bridgehead atoms. The molecule has 0 radical (unpaired) electrons. The molecular formula is C18H19N5O3S. The van der Waals surface area contributed by atoms with E-state index in [1.54, 1.807) is 42.0 Å². The first-order valence-corrected chi connectivity index (χ1v) is 9.11. The Balaban J connectivity index is 1.60. The molecule has 0 saturated carbocycles. The monoisotopic (exact) mass is 385 g/mol. The number of furan rings is 1. The van der Waals surface area contributed by atoms with Gasteiger partial charge in [-0.25, -0.2) is 0 Å². The number of nitrogens with one attached hydrogen (secondary N) is 2. The van der Waals surface area contributed by atoms with E-state index in [1.165, 1.54) is 11.8 Å². The second-order valence-corrected chi connectivity index (χ2v) is 7.13. The number of hydrazine groups is 1. The maximum Gasteiger partial charge on any atom is 0.269 e. The van der Waals surface area contributed by atoms with Gasteiger partial charge in [0.2, 0.25) is 0 Å². The molecule has 1 atom stereocenters. The number of hydrogen-bond acceptors (Lipinski definition) is 6. The Morgan fingerprint density at radius 1 is 1.15 bits per heavy atom. The zero-order valence-corrected chi connectivity index (χ0v) is 15.9. The van der Waals surface area contributed by atoms with Crippen molar-refractivity contribution in [2.24, 2.45) is 7.05 Å². The summed E-state index contributed by atoms with van der Waals surface area (Å²) in [5.41, 5.74) is 6.16. The summed E-state index contributed by atoms with van der Waals surface area (Å²) in [6, 6.07) is 10.5. The Labute approximate surface area is 160 Å². The van der Waals surface area contributed by atoms with Crippen LogP contribution in [0.5, 0.6) is 0 Å². The molecule has 0 unspecified atom stereocenters. The molecule has 2 aromatic heterocycles. The predicted molar refractivity (Wildman–Crippen MR) is 101 cm³/mol. The van der Waals surface area contributed by atoms with Crippen LogP contribution in [0, 0.1) is 6.92 Å². The SMILES string of the molecule is Cc1occc1-c1nnc(S[C@H](C)C(=O)NNC(=O)c2ccccc2)n1C. The third-order valence-electron chi connectivity index (χ3n) is 3.92. The van der Waals surface area contributed by atoms with Crippen molar-refractivity contribution < 1.29 is 14.0 Å². The number of carbonyl (C=O) groups is 2. The van der Waals surface area contributed by atoms with Gasteiger partial charge in [-0.15, -0.1) is 10.2 Å². The van der Waals surface area contributed by atoms with E-state index in [4.69, 9.17) is 4.42 Å². The van der Waals surface area contributed by atoms with Crippen molar-refractivity contribution in [1.29, 1.82) is 0 Å². The highest BCUT2D eigenvalue weighted by molar-refractivity contribution is 8.00. The van der Waals surface area contributed by atoms with E-state index in [9.17, 15) is 9.59 Å². The van der Waals surface area contributed by atoms with Crippen molar-refractivity contribution >= 4 is 23.6 Å². The summed E-state index contributed by atoms with van der Waals surface area (Å²) in [6.07, 6.45) is 1.59. The first-order chi connectivity index (χ1) is 13.0. The van der Waals surface area contributed by atoms with Gasteiger partial charge in [-0.2, -0.15) is 0 Å². The van der Waals surface area contributed by atoms with Crippen molar-refractivity contribution in [1.82, 2.24) is 25.6 Å². The second-order valence-electron chi connectivity index (χ2n) is 5.83. The van der Waals surface area contributed by atoms with Crippen molar-refractivity contribution in [2.45, 2.75) is 24.3 Å². The van der Waals surface area contributed by atoms with Crippen molar-refractivity contribution in [2.75, 3.05) is 0 Å². The van der Waals surface area contributed by atoms with E-state index in [0.29, 0.717) is 16.5 Å². The number of hydrogen-bond donors (Lipinski definition) is 2. The minimum Gasteiger partial charge on any atom is -0.469 e. The lowest BCUT2D eigenvalue weighted by Gasteiger charge is -2.12. The largest absolute Gasteiger partial charge is 0.469 e. The average molecular weight is 385 g/mol. The Hall–Kier alpha value is -3.07. The number of amides is 2. The molecule has 140 valence electrons. The standard InChI is InChI=1S/C18H19N5O3S/c1-11-14(9-10-26-11)15-19-22-18(23(15)3)27-12(2)16(24)20-21-17(25)13-7-5-4-6-8-13/h4-10,12H,1-3H3,(H,20,24)(H,21,25)/t12-/m1/s1. The summed E-state index contributed by atoms with van der Waals surface area (Å²) >= 11 is 1.25. The van der Waals surface area contributed by atoms with Crippen LogP contribution in [-0.4, -0.2) is 31.8 Å². The summed E-state index contributed by atoms with van der Waals surface area (Å²) < 4.78 is 7.10. The molecule has 0 aliphatic heterocycles. The van der Waals surface area contributed by atoms with Crippen LogP contribution in [0.15, 0.2) is 52.2 Å². The molecule has 8 nitrogen and oxygen atoms in total. The van der Waals surface area contributed by atoms with E-state index in [2.05, 4.69) is 21.0 Å². The van der Waals surface area contributed by atoms with Crippen LogP contribution in [0.3, 0.4) is 0 Å². The zero-order valence-electron chi connectivity index (χ0n) is 15.1. The van der Waals surface area contributed by atoms with E-state index in [-0.39, 0.29) is 11.8 Å². The number of aromatic nitrogens is 3. The van der Waals surface area contributed by atoms with Crippen LogP contribution < -0.4 is 10.9 Å². The topological polar surface area (TPSA) is 102 Å². The van der Waals surface area contributed by atoms with Crippen molar-refractivity contribution in [3.8, 4) is 11.4 Å². The number of carbonyl (C=O) groups excluding carboxylic acids is 2. The molecular weight excluding hydrogens is 366 g/mol. The van der Waals surface area contributed by atoms with Gasteiger partial charge in [-0.3, -0.25) is 20.4 Å². The Morgan fingerprint density at radius 2 is 1.89 bits per heavy atom. The fourth-order valence-corrected chi connectivity index (χ4v) is 3.18. The molecule has 0 saturated heterocycles. The summed E-state index contributed by atoms with van der Waals surface area (Å²) in [7, 11) is 1.83. The van der Waals surface area contributed by atoms with Crippen molar-refractivity contribution in [3.63, 3.8) is 0 Å². The normalized spacial score (nSPS) is 11.8. The van der Waals surface area contributed by atoms with Gasteiger partial charge < -0.3 is 8.98 Å². The maximum absolute atomic E-state index is 12.3. The van der Waals surface area contributed by atoms with E-state index < -0.39 is 5.25 Å². The lowest BCUT2D eigenvalue weighted by Crippen LogP contribution is -2.44. The lowest BCUT2D eigenvalue weighted by molar-refractivity contribution is -0.121. The fourth-order valence-electron chi connectivity index (χ4n) is 2.36. The van der Waals surface area contributed by atoms with Crippen LogP contribution in [0.1, 0.15) is 23.0 Å². The van der Waals surface area contributed by atoms with Gasteiger partial charge in [0.05, 0.1) is 17.1 Å². The van der Waals surface area contributed by atoms with Crippen LogP contribution in [0.25, 0.3) is 11.4 Å². The molecule has 3 rings (SSSR count). The molecule has 1 aromatic carbocycles. The maximum atomic E-state index is 12.3. The van der Waals surface area contributed by atoms with Crippen LogP contribution >= 0.6 is 11.8 Å². The second kappa shape index (κ2) is 8.09. The molecule has 0 aliphatic rings. The van der Waals surface area contributed by atoms with E-state index in [1.807, 2.05) is 26.1 Å². The Bertz CT molecular complexity index is 951. The molecule has 9 heteroatoms. The highest BCUT2D eigenvalue weighted by atomic mass is 32.2. The van der Waals surface area contributed by atoms with Gasteiger partial charge in [-0.05, 0) is 32.0 Å². The van der Waals surface area contributed by atoms with Gasteiger partial charge >= 0.3 is 0 Å². The molecule has 2 amide bonds. The fraction of sp³-hybridized carbons (Fsp3) is 0.222. The predicted octanol–water partition coefficient (Wildman–Crippen LogP) is 2.33. The number of nitrogens with zero attached hydrogens (tertiary/aromatic N) is 3. The first kappa shape index (κ1) is 18.7. The molecule has 0 spiro atoms. The Kier molecular flexibility index (Phi) is 5.60. The highest BCUT2D eigenvalue weighted by Crippen LogP contribution is 2.27. The smallest absolute Gasteiger partial charge is 0.269 e. The average Bonchev–Trinajstić information content (AvgIpc) is 3.25. The minimum absolute atomic E-state index is 0.340. The highest BCUT2D eigenvalue weighted by Gasteiger charge is 2.21. The number of aryl methyl sites for hydroxylation is 1. The molecule has 27 heavy (non-hydrogen) atoms. The number of thioether (sulfide) groups is 1. The third-order valence-corrected chi connectivity index (χ3v) is 5.06. The van der Waals surface area contributed by atoms with E-state index >= 15 is 0 Å². The number of rotatable bonds is 5. The number of benzene rings is 1. The lowest BCUT2D eigenvalue weighted by atomic mass is 10.2. The summed E-state index contributed by atoms with van der Waals surface area (Å²) in [6.45, 7) is 3.58. The third kappa shape index (κ3) is 4.20. The van der Waals surface area contributed by atoms with Gasteiger partial charge in [0.15, 0.2) is 11.0 Å². The van der Waals surface area contributed by atoms with Gasteiger partial charge in [0, 0.05) is 12.6 Å². The summed E-state index contributed by atoms with van der Waals surface area (Å²) in [5, 5.41) is 8.42. The minimum atomic E-state index is -0.484. The van der Waals surface area contributed by atoms with Gasteiger partial charge in [0.25, 0.3) is 11.8 Å². The molecule has 2 heterocycles. The van der Waals surface area contributed by atoms with Crippen molar-refractivity contribution in [3.05, 3.63) is 54.0 Å². The van der Waals surface area contributed by atoms with Gasteiger partial charge in [0.1, 0.15) is 5.76 Å². The Morgan fingerprint density at radius 3 is 2.56 bits per heavy atom. The molecule has 0 fully saturated rings. The van der Waals surface area contributed by atoms with Crippen LogP contribution in [0.2, 0.25) is 0 Å². The summed E-state index contributed by atoms with van der Waals surface area (Å²) in [4.78, 5) is 24.2. The van der Waals surface area contributed by atoms with Gasteiger partial charge in [-0.1, -0.05) is 30.0 Å². The summed E-state index contributed by atoms with van der Waals surface area (Å²) in [5.74, 6) is 0.691.